The van der Waals surface area contributed by atoms with Gasteiger partial charge in [-0.3, -0.25) is 4.57 Å². The first kappa shape index (κ1) is 29.7. The number of nitrogens with zero attached hydrogens (tertiary/aromatic N) is 3. The Kier molecular flexibility index (Phi) is 9.59. The van der Waals surface area contributed by atoms with Crippen LogP contribution in [0, 0.1) is 13.8 Å². The van der Waals surface area contributed by atoms with Crippen molar-refractivity contribution in [1.29, 1.82) is 0 Å². The standard InChI is InChI=1S/C32H38ClN5OS/c1-19(2)26-12-9-13-27(20(3)4)29(26)35-31(39)34-23(7)30-36-37-32(40-18-24-11-8-10-21(5)16-24)38(30)28-17-25(33)15-14-22(28)6/h8-17,19-20,23H,18H2,1-7H3,(H2,34,35,39). The van der Waals surface area contributed by atoms with Crippen LogP contribution in [0.4, 0.5) is 10.5 Å². The number of para-hydroxylation sites is 1. The van der Waals surface area contributed by atoms with Crippen LogP contribution in [-0.2, 0) is 5.75 Å². The van der Waals surface area contributed by atoms with E-state index in [1.54, 1.807) is 11.8 Å². The molecule has 1 atom stereocenters. The fourth-order valence-electron chi connectivity index (χ4n) is 4.76. The third-order valence-corrected chi connectivity index (χ3v) is 8.10. The van der Waals surface area contributed by atoms with E-state index in [-0.39, 0.29) is 17.9 Å². The number of hydrogen-bond donors (Lipinski definition) is 2. The van der Waals surface area contributed by atoms with E-state index >= 15 is 0 Å². The molecule has 0 aliphatic carbocycles. The predicted molar refractivity (Wildman–Crippen MR) is 167 cm³/mol. The number of anilines is 1. The molecule has 8 heteroatoms. The summed E-state index contributed by atoms with van der Waals surface area (Å²) in [6.07, 6.45) is 0. The molecule has 2 amide bonds. The van der Waals surface area contributed by atoms with E-state index in [0.717, 1.165) is 39.0 Å². The molecular formula is C32H38ClN5OS. The number of carbonyl (C=O) groups excluding carboxylic acids is 1. The van der Waals surface area contributed by atoms with Gasteiger partial charge in [-0.1, -0.05) is 105 Å². The van der Waals surface area contributed by atoms with Gasteiger partial charge in [-0.05, 0) is 67.0 Å². The Morgan fingerprint density at radius 3 is 2.25 bits per heavy atom. The molecule has 0 saturated heterocycles. The number of carbonyl (C=O) groups is 1. The fraction of sp³-hybridized carbons (Fsp3) is 0.344. The van der Waals surface area contributed by atoms with Crippen LogP contribution in [0.2, 0.25) is 5.02 Å². The van der Waals surface area contributed by atoms with Crippen molar-refractivity contribution in [3.63, 3.8) is 0 Å². The van der Waals surface area contributed by atoms with Crippen molar-refractivity contribution in [2.75, 3.05) is 5.32 Å². The molecule has 1 aromatic heterocycles. The van der Waals surface area contributed by atoms with Crippen molar-refractivity contribution in [3.8, 4) is 5.69 Å². The van der Waals surface area contributed by atoms with E-state index in [4.69, 9.17) is 11.6 Å². The maximum Gasteiger partial charge on any atom is 0.319 e. The monoisotopic (exact) mass is 575 g/mol. The number of aromatic nitrogens is 3. The Bertz CT molecular complexity index is 1470. The second-order valence-corrected chi connectivity index (χ2v) is 12.2. The van der Waals surface area contributed by atoms with Gasteiger partial charge in [-0.2, -0.15) is 0 Å². The Morgan fingerprint density at radius 1 is 0.925 bits per heavy atom. The second-order valence-electron chi connectivity index (χ2n) is 10.8. The maximum absolute atomic E-state index is 13.4. The number of thioether (sulfide) groups is 1. The number of nitrogens with one attached hydrogen (secondary N) is 2. The third kappa shape index (κ3) is 6.88. The zero-order valence-corrected chi connectivity index (χ0v) is 25.8. The average Bonchev–Trinajstić information content (AvgIpc) is 3.32. The number of benzene rings is 3. The highest BCUT2D eigenvalue weighted by Gasteiger charge is 2.23. The normalized spacial score (nSPS) is 12.2. The van der Waals surface area contributed by atoms with E-state index in [1.807, 2.05) is 36.6 Å². The Labute approximate surface area is 246 Å². The SMILES string of the molecule is Cc1cccc(CSc2nnc(C(C)NC(=O)Nc3c(C(C)C)cccc3C(C)C)n2-c2cc(Cl)ccc2C)c1. The molecular weight excluding hydrogens is 538 g/mol. The average molecular weight is 576 g/mol. The minimum Gasteiger partial charge on any atom is -0.328 e. The van der Waals surface area contributed by atoms with Gasteiger partial charge >= 0.3 is 6.03 Å². The summed E-state index contributed by atoms with van der Waals surface area (Å²) in [6, 6.07) is 19.7. The van der Waals surface area contributed by atoms with E-state index in [0.29, 0.717) is 10.8 Å². The van der Waals surface area contributed by atoms with E-state index < -0.39 is 6.04 Å². The molecule has 0 radical (unpaired) electrons. The number of aryl methyl sites for hydroxylation is 2. The number of rotatable bonds is 9. The van der Waals surface area contributed by atoms with E-state index in [1.165, 1.54) is 11.1 Å². The summed E-state index contributed by atoms with van der Waals surface area (Å²) in [6.45, 7) is 14.6. The van der Waals surface area contributed by atoms with Gasteiger partial charge in [0.2, 0.25) is 0 Å². The van der Waals surface area contributed by atoms with Crippen molar-refractivity contribution in [3.05, 3.63) is 99.3 Å². The molecule has 1 unspecified atom stereocenters. The van der Waals surface area contributed by atoms with Gasteiger partial charge in [0.05, 0.1) is 11.7 Å². The molecule has 0 aliphatic rings. The van der Waals surface area contributed by atoms with Crippen molar-refractivity contribution in [2.24, 2.45) is 0 Å². The summed E-state index contributed by atoms with van der Waals surface area (Å²) in [5.74, 6) is 1.92. The van der Waals surface area contributed by atoms with E-state index in [2.05, 4.69) is 97.9 Å². The summed E-state index contributed by atoms with van der Waals surface area (Å²) >= 11 is 8.03. The van der Waals surface area contributed by atoms with Crippen molar-refractivity contribution in [2.45, 2.75) is 77.3 Å². The van der Waals surface area contributed by atoms with Crippen molar-refractivity contribution >= 4 is 35.1 Å². The van der Waals surface area contributed by atoms with Crippen LogP contribution in [0.25, 0.3) is 5.69 Å². The van der Waals surface area contributed by atoms with Crippen LogP contribution in [0.5, 0.6) is 0 Å². The lowest BCUT2D eigenvalue weighted by Gasteiger charge is -2.22. The number of hydrogen-bond acceptors (Lipinski definition) is 4. The van der Waals surface area contributed by atoms with Crippen LogP contribution in [0.3, 0.4) is 0 Å². The van der Waals surface area contributed by atoms with Gasteiger partial charge < -0.3 is 10.6 Å². The topological polar surface area (TPSA) is 71.8 Å². The molecule has 1 heterocycles. The second kappa shape index (κ2) is 12.9. The molecule has 6 nitrogen and oxygen atoms in total. The first-order chi connectivity index (χ1) is 19.0. The van der Waals surface area contributed by atoms with Crippen molar-refractivity contribution in [1.82, 2.24) is 20.1 Å². The van der Waals surface area contributed by atoms with Crippen LogP contribution in [-0.4, -0.2) is 20.8 Å². The van der Waals surface area contributed by atoms with Gasteiger partial charge in [0, 0.05) is 16.5 Å². The molecule has 0 spiro atoms. The number of amides is 2. The molecule has 2 N–H and O–H groups in total. The minimum absolute atomic E-state index is 0.272. The molecule has 0 bridgehead atoms. The summed E-state index contributed by atoms with van der Waals surface area (Å²) in [5, 5.41) is 16.7. The number of urea groups is 1. The maximum atomic E-state index is 13.4. The highest BCUT2D eigenvalue weighted by atomic mass is 35.5. The summed E-state index contributed by atoms with van der Waals surface area (Å²) in [4.78, 5) is 13.4. The lowest BCUT2D eigenvalue weighted by atomic mass is 9.93. The largest absolute Gasteiger partial charge is 0.328 e. The van der Waals surface area contributed by atoms with Gasteiger partial charge in [-0.25, -0.2) is 4.79 Å². The highest BCUT2D eigenvalue weighted by molar-refractivity contribution is 7.98. The molecule has 0 fully saturated rings. The van der Waals surface area contributed by atoms with Gasteiger partial charge in [0.15, 0.2) is 11.0 Å². The highest BCUT2D eigenvalue weighted by Crippen LogP contribution is 2.33. The van der Waals surface area contributed by atoms with Gasteiger partial charge in [0.25, 0.3) is 0 Å². The summed E-state index contributed by atoms with van der Waals surface area (Å²) < 4.78 is 2.01. The fourth-order valence-corrected chi connectivity index (χ4v) is 5.82. The van der Waals surface area contributed by atoms with Gasteiger partial charge in [0.1, 0.15) is 0 Å². The van der Waals surface area contributed by atoms with Crippen LogP contribution in [0.15, 0.2) is 65.8 Å². The molecule has 4 rings (SSSR count). The lowest BCUT2D eigenvalue weighted by molar-refractivity contribution is 0.248. The zero-order chi connectivity index (χ0) is 29.0. The molecule has 210 valence electrons. The Hall–Kier alpha value is -3.29. The van der Waals surface area contributed by atoms with Crippen LogP contribution >= 0.6 is 23.4 Å². The molecule has 4 aromatic rings. The Morgan fingerprint density at radius 2 is 1.60 bits per heavy atom. The molecule has 0 saturated carbocycles. The molecule has 3 aromatic carbocycles. The first-order valence-corrected chi connectivity index (χ1v) is 15.0. The van der Waals surface area contributed by atoms with Crippen LogP contribution < -0.4 is 10.6 Å². The molecule has 0 aliphatic heterocycles. The quantitative estimate of drug-likeness (QED) is 0.195. The third-order valence-electron chi connectivity index (χ3n) is 6.87. The molecule has 40 heavy (non-hydrogen) atoms. The predicted octanol–water partition coefficient (Wildman–Crippen LogP) is 8.96. The van der Waals surface area contributed by atoms with Crippen molar-refractivity contribution < 1.29 is 4.79 Å². The minimum atomic E-state index is -0.423. The van der Waals surface area contributed by atoms with Crippen LogP contribution in [0.1, 0.15) is 86.1 Å². The Balaban J connectivity index is 1.64. The number of halogens is 1. The summed E-state index contributed by atoms with van der Waals surface area (Å²) in [7, 11) is 0. The zero-order valence-electron chi connectivity index (χ0n) is 24.2. The van der Waals surface area contributed by atoms with E-state index in [9.17, 15) is 4.79 Å². The first-order valence-electron chi connectivity index (χ1n) is 13.7. The summed E-state index contributed by atoms with van der Waals surface area (Å²) in [5.41, 5.74) is 7.45. The van der Waals surface area contributed by atoms with Gasteiger partial charge in [-0.15, -0.1) is 10.2 Å². The smallest absolute Gasteiger partial charge is 0.319 e. The lowest BCUT2D eigenvalue weighted by Crippen LogP contribution is -2.33.